The van der Waals surface area contributed by atoms with Crippen LogP contribution in [0.4, 0.5) is 18.9 Å². The third-order valence-corrected chi connectivity index (χ3v) is 3.80. The quantitative estimate of drug-likeness (QED) is 0.918. The number of nitrogens with one attached hydrogen (secondary N) is 1. The Labute approximate surface area is 127 Å². The molecule has 118 valence electrons. The normalized spacial score (nSPS) is 20.5. The van der Waals surface area contributed by atoms with Crippen LogP contribution >= 0.6 is 11.6 Å². The van der Waals surface area contributed by atoms with Crippen LogP contribution in [0.2, 0.25) is 5.02 Å². The van der Waals surface area contributed by atoms with Crippen molar-refractivity contribution in [3.8, 4) is 0 Å². The number of halogens is 4. The lowest BCUT2D eigenvalue weighted by Crippen LogP contribution is -2.45. The number of hydrogen-bond acceptors (Lipinski definition) is 3. The topological polar surface area (TPSA) is 24.5 Å². The molecule has 1 aromatic carbocycles. The van der Waals surface area contributed by atoms with E-state index in [9.17, 15) is 13.2 Å². The van der Waals surface area contributed by atoms with Crippen LogP contribution in [0.1, 0.15) is 12.5 Å². The number of benzene rings is 1. The molecule has 1 unspecified atom stereocenters. The third kappa shape index (κ3) is 4.49. The minimum Gasteiger partial charge on any atom is -0.381 e. The summed E-state index contributed by atoms with van der Waals surface area (Å²) in [5.41, 5.74) is -0.258. The molecule has 0 spiro atoms. The van der Waals surface area contributed by atoms with Gasteiger partial charge in [0, 0.05) is 19.6 Å². The molecule has 2 rings (SSSR count). The summed E-state index contributed by atoms with van der Waals surface area (Å²) in [7, 11) is 0. The smallest absolute Gasteiger partial charge is 0.381 e. The van der Waals surface area contributed by atoms with Crippen LogP contribution in [0.5, 0.6) is 0 Å². The van der Waals surface area contributed by atoms with Gasteiger partial charge in [0.1, 0.15) is 0 Å². The van der Waals surface area contributed by atoms with Gasteiger partial charge in [0.2, 0.25) is 0 Å². The first-order valence-corrected chi connectivity index (χ1v) is 7.22. The van der Waals surface area contributed by atoms with Gasteiger partial charge >= 0.3 is 6.18 Å². The summed E-state index contributed by atoms with van der Waals surface area (Å²) in [5, 5.41) is 3.12. The molecular formula is C14H18ClF3N2O. The minimum atomic E-state index is -4.38. The number of rotatable bonds is 4. The van der Waals surface area contributed by atoms with Crippen molar-refractivity contribution in [2.24, 2.45) is 0 Å². The number of alkyl halides is 3. The molecule has 1 aliphatic rings. The summed E-state index contributed by atoms with van der Waals surface area (Å²) in [4.78, 5) is 2.27. The van der Waals surface area contributed by atoms with E-state index in [1.807, 2.05) is 0 Å². The van der Waals surface area contributed by atoms with Crippen molar-refractivity contribution in [1.29, 1.82) is 0 Å². The standard InChI is InChI=1S/C14H18ClF3N2O/c1-2-20-5-6-21-11(9-20)8-19-13-4-3-10(7-12(13)15)14(16,17)18/h3-4,7,11,19H,2,5-6,8-9H2,1H3. The number of likely N-dealkylation sites (N-methyl/N-ethyl adjacent to an activating group) is 1. The van der Waals surface area contributed by atoms with E-state index in [2.05, 4.69) is 17.1 Å². The Morgan fingerprint density at radius 1 is 1.43 bits per heavy atom. The Morgan fingerprint density at radius 2 is 2.19 bits per heavy atom. The van der Waals surface area contributed by atoms with Crippen LogP contribution in [-0.4, -0.2) is 43.8 Å². The largest absolute Gasteiger partial charge is 0.416 e. The lowest BCUT2D eigenvalue weighted by atomic mass is 10.2. The molecule has 1 fully saturated rings. The zero-order valence-electron chi connectivity index (χ0n) is 11.7. The summed E-state index contributed by atoms with van der Waals surface area (Å²) in [5.74, 6) is 0. The van der Waals surface area contributed by atoms with Crippen LogP contribution in [0.25, 0.3) is 0 Å². The van der Waals surface area contributed by atoms with Crippen LogP contribution in [0, 0.1) is 0 Å². The number of morpholine rings is 1. The molecule has 0 aliphatic carbocycles. The number of ether oxygens (including phenoxy) is 1. The van der Waals surface area contributed by atoms with Crippen molar-refractivity contribution in [2.75, 3.05) is 38.1 Å². The number of nitrogens with zero attached hydrogens (tertiary/aromatic N) is 1. The zero-order valence-corrected chi connectivity index (χ0v) is 12.5. The predicted molar refractivity (Wildman–Crippen MR) is 76.8 cm³/mol. The van der Waals surface area contributed by atoms with Gasteiger partial charge in [-0.15, -0.1) is 0 Å². The molecule has 1 N–H and O–H groups in total. The van der Waals surface area contributed by atoms with Crippen molar-refractivity contribution in [3.63, 3.8) is 0 Å². The highest BCUT2D eigenvalue weighted by atomic mass is 35.5. The molecule has 1 aromatic rings. The SMILES string of the molecule is CCN1CCOC(CNc2ccc(C(F)(F)F)cc2Cl)C1. The maximum absolute atomic E-state index is 12.6. The van der Waals surface area contributed by atoms with Gasteiger partial charge in [-0.1, -0.05) is 18.5 Å². The zero-order chi connectivity index (χ0) is 15.5. The van der Waals surface area contributed by atoms with Gasteiger partial charge in [-0.05, 0) is 24.7 Å². The van der Waals surface area contributed by atoms with E-state index >= 15 is 0 Å². The fraction of sp³-hybridized carbons (Fsp3) is 0.571. The van der Waals surface area contributed by atoms with E-state index < -0.39 is 11.7 Å². The fourth-order valence-electron chi connectivity index (χ4n) is 2.25. The van der Waals surface area contributed by atoms with Crippen molar-refractivity contribution < 1.29 is 17.9 Å². The molecule has 7 heteroatoms. The van der Waals surface area contributed by atoms with Gasteiger partial charge in [-0.2, -0.15) is 13.2 Å². The van der Waals surface area contributed by atoms with Crippen molar-refractivity contribution >= 4 is 17.3 Å². The number of anilines is 1. The molecule has 0 radical (unpaired) electrons. The van der Waals surface area contributed by atoms with Crippen molar-refractivity contribution in [2.45, 2.75) is 19.2 Å². The monoisotopic (exact) mass is 322 g/mol. The Hall–Kier alpha value is -0.980. The highest BCUT2D eigenvalue weighted by Gasteiger charge is 2.31. The Kier molecular flexibility index (Phi) is 5.35. The van der Waals surface area contributed by atoms with Gasteiger partial charge in [-0.3, -0.25) is 4.90 Å². The molecule has 0 amide bonds. The summed E-state index contributed by atoms with van der Waals surface area (Å²) in [6.45, 7) is 5.95. The summed E-state index contributed by atoms with van der Waals surface area (Å²) >= 11 is 5.90. The van der Waals surface area contributed by atoms with E-state index in [-0.39, 0.29) is 11.1 Å². The lowest BCUT2D eigenvalue weighted by molar-refractivity contribution is -0.137. The average Bonchev–Trinajstić information content (AvgIpc) is 2.45. The summed E-state index contributed by atoms with van der Waals surface area (Å²) in [6.07, 6.45) is -4.37. The molecule has 0 bridgehead atoms. The van der Waals surface area contributed by atoms with Crippen LogP contribution in [0.15, 0.2) is 18.2 Å². The van der Waals surface area contributed by atoms with E-state index in [1.165, 1.54) is 6.07 Å². The third-order valence-electron chi connectivity index (χ3n) is 3.49. The Balaban J connectivity index is 1.94. The highest BCUT2D eigenvalue weighted by molar-refractivity contribution is 6.33. The first-order chi connectivity index (χ1) is 9.90. The molecule has 0 saturated carbocycles. The van der Waals surface area contributed by atoms with E-state index in [4.69, 9.17) is 16.3 Å². The van der Waals surface area contributed by atoms with E-state index in [1.54, 1.807) is 0 Å². The maximum atomic E-state index is 12.6. The molecular weight excluding hydrogens is 305 g/mol. The van der Waals surface area contributed by atoms with Crippen molar-refractivity contribution in [3.05, 3.63) is 28.8 Å². The van der Waals surface area contributed by atoms with Crippen LogP contribution in [-0.2, 0) is 10.9 Å². The molecule has 1 aliphatic heterocycles. The van der Waals surface area contributed by atoms with Gasteiger partial charge in [0.05, 0.1) is 29.0 Å². The second-order valence-electron chi connectivity index (χ2n) is 4.96. The Bertz CT molecular complexity index is 482. The Morgan fingerprint density at radius 3 is 2.81 bits per heavy atom. The maximum Gasteiger partial charge on any atom is 0.416 e. The second kappa shape index (κ2) is 6.85. The first-order valence-electron chi connectivity index (χ1n) is 6.84. The van der Waals surface area contributed by atoms with Gasteiger partial charge in [0.15, 0.2) is 0 Å². The van der Waals surface area contributed by atoms with E-state index in [0.717, 1.165) is 31.8 Å². The van der Waals surface area contributed by atoms with E-state index in [0.29, 0.717) is 18.8 Å². The molecule has 3 nitrogen and oxygen atoms in total. The summed E-state index contributed by atoms with van der Waals surface area (Å²) < 4.78 is 43.3. The second-order valence-corrected chi connectivity index (χ2v) is 5.37. The molecule has 1 saturated heterocycles. The fourth-order valence-corrected chi connectivity index (χ4v) is 2.50. The van der Waals surface area contributed by atoms with Crippen LogP contribution in [0.3, 0.4) is 0 Å². The molecule has 1 heterocycles. The minimum absolute atomic E-state index is 0.0112. The molecule has 1 atom stereocenters. The lowest BCUT2D eigenvalue weighted by Gasteiger charge is -2.32. The van der Waals surface area contributed by atoms with Crippen LogP contribution < -0.4 is 5.32 Å². The number of hydrogen-bond donors (Lipinski definition) is 1. The van der Waals surface area contributed by atoms with Crippen molar-refractivity contribution in [1.82, 2.24) is 4.90 Å². The first kappa shape index (κ1) is 16.4. The van der Waals surface area contributed by atoms with Gasteiger partial charge < -0.3 is 10.1 Å². The summed E-state index contributed by atoms with van der Waals surface area (Å²) in [6, 6.07) is 3.31. The van der Waals surface area contributed by atoms with Gasteiger partial charge in [0.25, 0.3) is 0 Å². The predicted octanol–water partition coefficient (Wildman–Crippen LogP) is 3.49. The molecule has 21 heavy (non-hydrogen) atoms. The van der Waals surface area contributed by atoms with Gasteiger partial charge in [-0.25, -0.2) is 0 Å². The average molecular weight is 323 g/mol. The molecule has 0 aromatic heterocycles. The highest BCUT2D eigenvalue weighted by Crippen LogP contribution is 2.33.